The molecule has 1 aliphatic carbocycles. The van der Waals surface area contributed by atoms with Crippen molar-refractivity contribution in [3.05, 3.63) is 12.2 Å². The van der Waals surface area contributed by atoms with Crippen LogP contribution in [0.1, 0.15) is 32.5 Å². The smallest absolute Gasteiger partial charge is 0.245 e. The van der Waals surface area contributed by atoms with Gasteiger partial charge in [0.05, 0.1) is 7.11 Å². The average molecular weight is 295 g/mol. The van der Waals surface area contributed by atoms with Gasteiger partial charge in [0.15, 0.2) is 11.2 Å². The van der Waals surface area contributed by atoms with E-state index in [2.05, 4.69) is 33.4 Å². The first kappa shape index (κ1) is 13.6. The van der Waals surface area contributed by atoms with E-state index in [1.807, 2.05) is 0 Å². The number of hydrogen-bond acceptors (Lipinski definition) is 4. The molecule has 0 N–H and O–H groups in total. The Kier molecular flexibility index (Phi) is 3.32. The highest BCUT2D eigenvalue weighted by Gasteiger charge is 2.41. The molecular formula is C14H19ClN4O. The van der Waals surface area contributed by atoms with Gasteiger partial charge >= 0.3 is 0 Å². The fraction of sp³-hybridized carbons (Fsp3) is 0.643. The van der Waals surface area contributed by atoms with Crippen molar-refractivity contribution in [2.24, 2.45) is 5.92 Å². The van der Waals surface area contributed by atoms with Crippen molar-refractivity contribution in [3.8, 4) is 5.88 Å². The van der Waals surface area contributed by atoms with Crippen molar-refractivity contribution in [1.29, 1.82) is 0 Å². The molecule has 0 bridgehead atoms. The summed E-state index contributed by atoms with van der Waals surface area (Å²) in [4.78, 5) is 13.3. The summed E-state index contributed by atoms with van der Waals surface area (Å²) >= 11 is 5.93. The first-order valence-corrected chi connectivity index (χ1v) is 7.45. The number of hydrogen-bond donors (Lipinski definition) is 0. The molecule has 1 aliphatic rings. The first-order valence-electron chi connectivity index (χ1n) is 6.92. The van der Waals surface area contributed by atoms with Gasteiger partial charge in [-0.25, -0.2) is 9.97 Å². The molecule has 0 unspecified atom stereocenters. The molecule has 0 aliphatic heterocycles. The third-order valence-electron chi connectivity index (χ3n) is 4.14. The maximum absolute atomic E-state index is 5.93. The predicted octanol–water partition coefficient (Wildman–Crippen LogP) is 2.76. The summed E-state index contributed by atoms with van der Waals surface area (Å²) in [7, 11) is 1.61. The fourth-order valence-corrected chi connectivity index (χ4v) is 3.07. The fourth-order valence-electron chi connectivity index (χ4n) is 2.90. The zero-order chi connectivity index (χ0) is 14.3. The Labute approximate surface area is 123 Å². The largest absolute Gasteiger partial charge is 0.479 e. The molecule has 5 nitrogen and oxygen atoms in total. The maximum atomic E-state index is 5.93. The van der Waals surface area contributed by atoms with Crippen LogP contribution < -0.4 is 4.74 Å². The van der Waals surface area contributed by atoms with Gasteiger partial charge in [-0.1, -0.05) is 0 Å². The summed E-state index contributed by atoms with van der Waals surface area (Å²) in [5, 5.41) is 0. The second-order valence-electron chi connectivity index (χ2n) is 5.79. The molecule has 2 aromatic heterocycles. The van der Waals surface area contributed by atoms with Crippen molar-refractivity contribution >= 4 is 22.8 Å². The molecule has 2 heterocycles. The molecule has 0 amide bonds. The molecule has 20 heavy (non-hydrogen) atoms. The van der Waals surface area contributed by atoms with Crippen LogP contribution in [0.2, 0.25) is 0 Å². The Morgan fingerprint density at radius 2 is 2.15 bits per heavy atom. The van der Waals surface area contributed by atoms with Gasteiger partial charge in [-0.3, -0.25) is 0 Å². The summed E-state index contributed by atoms with van der Waals surface area (Å²) in [5.41, 5.74) is 1.56. The minimum Gasteiger partial charge on any atom is -0.479 e. The Hall–Kier alpha value is -1.36. The summed E-state index contributed by atoms with van der Waals surface area (Å²) in [5.74, 6) is 2.71. The highest BCUT2D eigenvalue weighted by molar-refractivity contribution is 6.17. The molecule has 2 aromatic rings. The number of fused-ring (bicyclic) bond motifs is 1. The molecule has 0 radical (unpaired) electrons. The highest BCUT2D eigenvalue weighted by atomic mass is 35.5. The third kappa shape index (κ3) is 2.04. The van der Waals surface area contributed by atoms with Gasteiger partial charge in [0.2, 0.25) is 5.88 Å². The van der Waals surface area contributed by atoms with Crippen LogP contribution in [0, 0.1) is 5.92 Å². The lowest BCUT2D eigenvalue weighted by Crippen LogP contribution is -2.31. The van der Waals surface area contributed by atoms with E-state index in [0.717, 1.165) is 23.4 Å². The van der Waals surface area contributed by atoms with E-state index >= 15 is 0 Å². The lowest BCUT2D eigenvalue weighted by Gasteiger charge is -2.29. The van der Waals surface area contributed by atoms with E-state index < -0.39 is 0 Å². The quantitative estimate of drug-likeness (QED) is 0.796. The number of aromatic nitrogens is 4. The van der Waals surface area contributed by atoms with Gasteiger partial charge in [-0.15, -0.1) is 11.6 Å². The second-order valence-corrected chi connectivity index (χ2v) is 6.16. The number of aryl methyl sites for hydroxylation is 1. The molecule has 1 fully saturated rings. The number of rotatable bonds is 5. The SMILES string of the molecule is COc1ncnc2c1nc(CCCl)n2C(C)(C)C1CC1. The topological polar surface area (TPSA) is 52.8 Å². The third-order valence-corrected chi connectivity index (χ3v) is 4.33. The van der Waals surface area contributed by atoms with Crippen LogP contribution in [0.15, 0.2) is 6.33 Å². The summed E-state index contributed by atoms with van der Waals surface area (Å²) in [6.45, 7) is 4.50. The van der Waals surface area contributed by atoms with Crippen LogP contribution in [-0.2, 0) is 12.0 Å². The van der Waals surface area contributed by atoms with Crippen molar-refractivity contribution in [3.63, 3.8) is 0 Å². The van der Waals surface area contributed by atoms with Gasteiger partial charge in [0.25, 0.3) is 0 Å². The van der Waals surface area contributed by atoms with Gasteiger partial charge in [0, 0.05) is 17.8 Å². The average Bonchev–Trinajstić information content (AvgIpc) is 3.20. The van der Waals surface area contributed by atoms with E-state index in [0.29, 0.717) is 17.7 Å². The van der Waals surface area contributed by atoms with Crippen molar-refractivity contribution in [2.75, 3.05) is 13.0 Å². The number of halogens is 1. The molecule has 0 saturated heterocycles. The number of alkyl halides is 1. The molecule has 0 spiro atoms. The van der Waals surface area contributed by atoms with Crippen molar-refractivity contribution < 1.29 is 4.74 Å². The Balaban J connectivity index is 2.24. The van der Waals surface area contributed by atoms with Crippen LogP contribution in [0.4, 0.5) is 0 Å². The lowest BCUT2D eigenvalue weighted by molar-refractivity contribution is 0.303. The van der Waals surface area contributed by atoms with Gasteiger partial charge in [0.1, 0.15) is 12.2 Å². The van der Waals surface area contributed by atoms with Gasteiger partial charge in [-0.2, -0.15) is 4.98 Å². The number of nitrogens with zero attached hydrogens (tertiary/aromatic N) is 4. The zero-order valence-electron chi connectivity index (χ0n) is 12.1. The standard InChI is InChI=1S/C14H19ClN4O/c1-14(2,9-4-5-9)19-10(6-7-15)18-11-12(19)16-8-17-13(11)20-3/h8-9H,4-7H2,1-3H3. The van der Waals surface area contributed by atoms with Gasteiger partial charge in [-0.05, 0) is 32.6 Å². The number of methoxy groups -OCH3 is 1. The Morgan fingerprint density at radius 3 is 2.75 bits per heavy atom. The lowest BCUT2D eigenvalue weighted by atomic mass is 9.98. The molecule has 1 saturated carbocycles. The molecule has 6 heteroatoms. The van der Waals surface area contributed by atoms with Crippen LogP contribution in [0.5, 0.6) is 5.88 Å². The summed E-state index contributed by atoms with van der Waals surface area (Å²) < 4.78 is 7.53. The molecule has 0 atom stereocenters. The molecule has 3 rings (SSSR count). The predicted molar refractivity (Wildman–Crippen MR) is 78.3 cm³/mol. The summed E-state index contributed by atoms with van der Waals surface area (Å²) in [6.07, 6.45) is 4.77. The van der Waals surface area contributed by atoms with Crippen LogP contribution in [0.3, 0.4) is 0 Å². The minimum atomic E-state index is -0.00446. The van der Waals surface area contributed by atoms with Crippen LogP contribution in [-0.4, -0.2) is 32.5 Å². The van der Waals surface area contributed by atoms with E-state index in [1.165, 1.54) is 19.2 Å². The minimum absolute atomic E-state index is 0.00446. The monoisotopic (exact) mass is 294 g/mol. The second kappa shape index (κ2) is 4.88. The Morgan fingerprint density at radius 1 is 1.40 bits per heavy atom. The normalized spacial score (nSPS) is 15.8. The number of imidazole rings is 1. The molecular weight excluding hydrogens is 276 g/mol. The molecule has 0 aromatic carbocycles. The van der Waals surface area contributed by atoms with Crippen molar-refractivity contribution in [1.82, 2.24) is 19.5 Å². The molecule has 108 valence electrons. The van der Waals surface area contributed by atoms with Gasteiger partial charge < -0.3 is 9.30 Å². The number of ether oxygens (including phenoxy) is 1. The van der Waals surface area contributed by atoms with E-state index in [4.69, 9.17) is 16.3 Å². The van der Waals surface area contributed by atoms with Crippen molar-refractivity contribution in [2.45, 2.75) is 38.6 Å². The van der Waals surface area contributed by atoms with E-state index in [9.17, 15) is 0 Å². The zero-order valence-corrected chi connectivity index (χ0v) is 12.8. The van der Waals surface area contributed by atoms with E-state index in [1.54, 1.807) is 7.11 Å². The van der Waals surface area contributed by atoms with E-state index in [-0.39, 0.29) is 5.54 Å². The Bertz CT molecular complexity index is 633. The van der Waals surface area contributed by atoms with Crippen LogP contribution in [0.25, 0.3) is 11.2 Å². The first-order chi connectivity index (χ1) is 9.59. The highest BCUT2D eigenvalue weighted by Crippen LogP contribution is 2.45. The maximum Gasteiger partial charge on any atom is 0.245 e. The van der Waals surface area contributed by atoms with Crippen LogP contribution >= 0.6 is 11.6 Å². The summed E-state index contributed by atoms with van der Waals surface area (Å²) in [6, 6.07) is 0.